The van der Waals surface area contributed by atoms with Gasteiger partial charge in [-0.15, -0.1) is 0 Å². The quantitative estimate of drug-likeness (QED) is 0.572. The lowest BCUT2D eigenvalue weighted by molar-refractivity contribution is -0.141. The Morgan fingerprint density at radius 3 is 2.67 bits per heavy atom. The van der Waals surface area contributed by atoms with Crippen LogP contribution in [0.1, 0.15) is 24.6 Å². The summed E-state index contributed by atoms with van der Waals surface area (Å²) < 4.78 is 38.4. The molecular formula is C13H17F3N4O. The average molecular weight is 302 g/mol. The number of nitrogen functional groups attached to an aromatic ring is 1. The largest absolute Gasteiger partial charge is 0.433 e. The van der Waals surface area contributed by atoms with Gasteiger partial charge in [0.1, 0.15) is 17.3 Å². The summed E-state index contributed by atoms with van der Waals surface area (Å²) in [5.41, 5.74) is 4.59. The second-order valence-corrected chi connectivity index (χ2v) is 5.26. The second kappa shape index (κ2) is 5.51. The highest BCUT2D eigenvalue weighted by molar-refractivity contribution is 5.99. The zero-order valence-corrected chi connectivity index (χ0v) is 11.5. The molecule has 4 N–H and O–H groups in total. The molecule has 1 aliphatic rings. The Balaban J connectivity index is 2.42. The van der Waals surface area contributed by atoms with E-state index in [1.54, 1.807) is 4.90 Å². The molecule has 21 heavy (non-hydrogen) atoms. The van der Waals surface area contributed by atoms with Gasteiger partial charge in [0, 0.05) is 13.1 Å². The van der Waals surface area contributed by atoms with Crippen LogP contribution in [0.15, 0.2) is 12.1 Å². The first-order chi connectivity index (χ1) is 9.70. The van der Waals surface area contributed by atoms with E-state index in [2.05, 4.69) is 4.98 Å². The molecule has 1 aromatic rings. The number of aliphatic hydroxyl groups is 1. The maximum absolute atomic E-state index is 12.8. The van der Waals surface area contributed by atoms with E-state index in [4.69, 9.17) is 11.1 Å². The van der Waals surface area contributed by atoms with Crippen LogP contribution in [0, 0.1) is 11.3 Å². The van der Waals surface area contributed by atoms with Gasteiger partial charge in [-0.3, -0.25) is 5.41 Å². The molecule has 0 spiro atoms. The van der Waals surface area contributed by atoms with E-state index in [-0.39, 0.29) is 23.1 Å². The fraction of sp³-hybridized carbons (Fsp3) is 0.538. The fourth-order valence-corrected chi connectivity index (χ4v) is 2.38. The number of aromatic nitrogens is 1. The molecule has 1 aliphatic heterocycles. The van der Waals surface area contributed by atoms with Gasteiger partial charge >= 0.3 is 6.18 Å². The first-order valence-electron chi connectivity index (χ1n) is 6.55. The Labute approximate surface area is 120 Å². The van der Waals surface area contributed by atoms with Crippen LogP contribution >= 0.6 is 0 Å². The smallest absolute Gasteiger partial charge is 0.393 e. The van der Waals surface area contributed by atoms with Gasteiger partial charge < -0.3 is 15.7 Å². The van der Waals surface area contributed by atoms with Gasteiger partial charge in [0.2, 0.25) is 0 Å². The standard InChI is InChI=1S/C13H17F3N4O/c1-7-6-20(5-4-9(7)21)12-8(11(17)18)2-3-10(19-12)13(14,15)16/h2-3,7,9,21H,4-6H2,1H3,(H3,17,18). The molecule has 0 aliphatic carbocycles. The van der Waals surface area contributed by atoms with Gasteiger partial charge in [-0.05, 0) is 24.5 Å². The third-order valence-electron chi connectivity index (χ3n) is 3.62. The lowest BCUT2D eigenvalue weighted by Crippen LogP contribution is -2.43. The third-order valence-corrected chi connectivity index (χ3v) is 3.62. The van der Waals surface area contributed by atoms with Gasteiger partial charge in [0.05, 0.1) is 11.7 Å². The first kappa shape index (κ1) is 15.6. The van der Waals surface area contributed by atoms with Crippen molar-refractivity contribution < 1.29 is 18.3 Å². The summed E-state index contributed by atoms with van der Waals surface area (Å²) in [6.45, 7) is 2.56. The fourth-order valence-electron chi connectivity index (χ4n) is 2.38. The predicted molar refractivity (Wildman–Crippen MR) is 72.3 cm³/mol. The minimum atomic E-state index is -4.55. The summed E-state index contributed by atoms with van der Waals surface area (Å²) in [6.07, 6.45) is -4.59. The topological polar surface area (TPSA) is 86.2 Å². The number of anilines is 1. The molecule has 1 aromatic heterocycles. The monoisotopic (exact) mass is 302 g/mol. The number of pyridine rings is 1. The van der Waals surface area contributed by atoms with Crippen molar-refractivity contribution in [1.29, 1.82) is 5.41 Å². The zero-order valence-electron chi connectivity index (χ0n) is 11.5. The van der Waals surface area contributed by atoms with Crippen LogP contribution in [0.4, 0.5) is 19.0 Å². The molecule has 2 atom stereocenters. The highest BCUT2D eigenvalue weighted by Crippen LogP contribution is 2.32. The van der Waals surface area contributed by atoms with Crippen LogP contribution in [0.25, 0.3) is 0 Å². The molecule has 0 radical (unpaired) electrons. The Hall–Kier alpha value is -1.83. The summed E-state index contributed by atoms with van der Waals surface area (Å²) in [6, 6.07) is 1.99. The molecule has 2 rings (SSSR count). The molecule has 116 valence electrons. The Bertz CT molecular complexity index is 547. The lowest BCUT2D eigenvalue weighted by atomic mass is 9.96. The normalized spacial score (nSPS) is 23.2. The van der Waals surface area contributed by atoms with E-state index < -0.39 is 18.0 Å². The summed E-state index contributed by atoms with van der Waals surface area (Å²) in [5.74, 6) is -0.365. The van der Waals surface area contributed by atoms with Crippen LogP contribution < -0.4 is 10.6 Å². The number of piperidine rings is 1. The molecule has 0 aromatic carbocycles. The number of nitrogens with zero attached hydrogens (tertiary/aromatic N) is 2. The van der Waals surface area contributed by atoms with Gasteiger partial charge in [-0.1, -0.05) is 6.92 Å². The minimum absolute atomic E-state index is 0.0519. The van der Waals surface area contributed by atoms with Crippen molar-refractivity contribution in [1.82, 2.24) is 4.98 Å². The number of nitrogens with one attached hydrogen (secondary N) is 1. The first-order valence-corrected chi connectivity index (χ1v) is 6.55. The average Bonchev–Trinajstić information content (AvgIpc) is 2.40. The van der Waals surface area contributed by atoms with Crippen molar-refractivity contribution in [3.63, 3.8) is 0 Å². The van der Waals surface area contributed by atoms with E-state index in [1.165, 1.54) is 6.07 Å². The van der Waals surface area contributed by atoms with Crippen molar-refractivity contribution >= 4 is 11.7 Å². The number of aliphatic hydroxyl groups excluding tert-OH is 1. The highest BCUT2D eigenvalue weighted by Gasteiger charge is 2.35. The highest BCUT2D eigenvalue weighted by atomic mass is 19.4. The van der Waals surface area contributed by atoms with Crippen LogP contribution in [-0.2, 0) is 6.18 Å². The number of alkyl halides is 3. The van der Waals surface area contributed by atoms with Crippen molar-refractivity contribution in [3.05, 3.63) is 23.4 Å². The van der Waals surface area contributed by atoms with Gasteiger partial charge in [-0.2, -0.15) is 13.2 Å². The minimum Gasteiger partial charge on any atom is -0.393 e. The number of rotatable bonds is 2. The predicted octanol–water partition coefficient (Wildman–Crippen LogP) is 1.59. The summed E-state index contributed by atoms with van der Waals surface area (Å²) in [4.78, 5) is 5.29. The number of hydrogen-bond acceptors (Lipinski definition) is 4. The molecule has 0 saturated carbocycles. The SMILES string of the molecule is CC1CN(c2nc(C(F)(F)F)ccc2C(=N)N)CCC1O. The van der Waals surface area contributed by atoms with Crippen molar-refractivity contribution in [3.8, 4) is 0 Å². The Morgan fingerprint density at radius 2 is 2.14 bits per heavy atom. The molecule has 5 nitrogen and oxygen atoms in total. The molecule has 1 saturated heterocycles. The van der Waals surface area contributed by atoms with E-state index in [1.807, 2.05) is 6.92 Å². The number of amidine groups is 1. The molecule has 1 fully saturated rings. The van der Waals surface area contributed by atoms with Gasteiger partial charge in [0.25, 0.3) is 0 Å². The van der Waals surface area contributed by atoms with E-state index >= 15 is 0 Å². The maximum atomic E-state index is 12.8. The molecular weight excluding hydrogens is 285 g/mol. The molecule has 2 heterocycles. The van der Waals surface area contributed by atoms with Crippen LogP contribution in [0.2, 0.25) is 0 Å². The van der Waals surface area contributed by atoms with Crippen LogP contribution in [-0.4, -0.2) is 35.1 Å². The van der Waals surface area contributed by atoms with Gasteiger partial charge in [-0.25, -0.2) is 4.98 Å². The van der Waals surface area contributed by atoms with E-state index in [0.717, 1.165) is 6.07 Å². The Morgan fingerprint density at radius 1 is 1.48 bits per heavy atom. The summed E-state index contributed by atoms with van der Waals surface area (Å²) in [5, 5.41) is 17.2. The third kappa shape index (κ3) is 3.26. The van der Waals surface area contributed by atoms with E-state index in [9.17, 15) is 18.3 Å². The van der Waals surface area contributed by atoms with Crippen molar-refractivity contribution in [2.24, 2.45) is 11.7 Å². The van der Waals surface area contributed by atoms with Gasteiger partial charge in [0.15, 0.2) is 0 Å². The van der Waals surface area contributed by atoms with E-state index in [0.29, 0.717) is 19.5 Å². The van der Waals surface area contributed by atoms with Crippen LogP contribution in [0.3, 0.4) is 0 Å². The molecule has 0 bridgehead atoms. The maximum Gasteiger partial charge on any atom is 0.433 e. The molecule has 0 amide bonds. The number of halogens is 3. The van der Waals surface area contributed by atoms with Crippen molar-refractivity contribution in [2.75, 3.05) is 18.0 Å². The summed E-state index contributed by atoms with van der Waals surface area (Å²) in [7, 11) is 0. The zero-order chi connectivity index (χ0) is 15.8. The Kier molecular flexibility index (Phi) is 4.08. The summed E-state index contributed by atoms with van der Waals surface area (Å²) >= 11 is 0. The number of nitrogens with two attached hydrogens (primary N) is 1. The second-order valence-electron chi connectivity index (χ2n) is 5.26. The molecule has 2 unspecified atom stereocenters. The molecule has 8 heteroatoms. The number of hydrogen-bond donors (Lipinski definition) is 3. The van der Waals surface area contributed by atoms with Crippen LogP contribution in [0.5, 0.6) is 0 Å². The lowest BCUT2D eigenvalue weighted by Gasteiger charge is -2.36. The van der Waals surface area contributed by atoms with Crippen molar-refractivity contribution in [2.45, 2.75) is 25.6 Å².